The molecule has 26 heavy (non-hydrogen) atoms. The molecule has 0 unspecified atom stereocenters. The third-order valence-electron chi connectivity index (χ3n) is 4.72. The second-order valence-corrected chi connectivity index (χ2v) is 6.75. The largest absolute Gasteiger partial charge is 0.456 e. The molecule has 2 aromatic rings. The van der Waals surface area contributed by atoms with Gasteiger partial charge in [-0.2, -0.15) is 0 Å². The van der Waals surface area contributed by atoms with E-state index in [0.717, 1.165) is 25.9 Å². The molecule has 1 saturated heterocycles. The Kier molecular flexibility index (Phi) is 5.65. The van der Waals surface area contributed by atoms with Crippen molar-refractivity contribution in [3.05, 3.63) is 40.4 Å². The maximum atomic E-state index is 12.1. The number of rotatable bonds is 5. The number of aromatic amines is 1. The van der Waals surface area contributed by atoms with Crippen molar-refractivity contribution < 1.29 is 14.3 Å². The Morgan fingerprint density at radius 1 is 1.27 bits per heavy atom. The minimum atomic E-state index is -0.473. The molecule has 1 amide bonds. The third kappa shape index (κ3) is 4.47. The van der Waals surface area contributed by atoms with Crippen molar-refractivity contribution in [3.8, 4) is 0 Å². The SMILES string of the molecule is CC1CCN(C(=O)COC(=O)CCc2nc3ccccc3c(=O)[nH]2)CC1. The summed E-state index contributed by atoms with van der Waals surface area (Å²) < 4.78 is 5.07. The molecular weight excluding hydrogens is 334 g/mol. The van der Waals surface area contributed by atoms with Crippen LogP contribution < -0.4 is 5.56 Å². The van der Waals surface area contributed by atoms with E-state index in [1.807, 2.05) is 0 Å². The molecule has 1 aromatic carbocycles. The standard InChI is InChI=1S/C19H23N3O4/c1-13-8-10-22(11-9-13)17(23)12-26-18(24)7-6-16-20-15-5-3-2-4-14(15)19(25)21-16/h2-5,13H,6-12H2,1H3,(H,20,21,25). The second-order valence-electron chi connectivity index (χ2n) is 6.75. The van der Waals surface area contributed by atoms with Crippen LogP contribution in [0.3, 0.4) is 0 Å². The van der Waals surface area contributed by atoms with E-state index in [1.54, 1.807) is 29.2 Å². The number of para-hydroxylation sites is 1. The fourth-order valence-electron chi connectivity index (χ4n) is 3.04. The summed E-state index contributed by atoms with van der Waals surface area (Å²) in [5.74, 6) is 0.447. The maximum absolute atomic E-state index is 12.1. The van der Waals surface area contributed by atoms with Crippen molar-refractivity contribution in [1.29, 1.82) is 0 Å². The van der Waals surface area contributed by atoms with Gasteiger partial charge in [-0.05, 0) is 30.9 Å². The van der Waals surface area contributed by atoms with E-state index in [4.69, 9.17) is 4.74 Å². The highest BCUT2D eigenvalue weighted by Gasteiger charge is 2.21. The van der Waals surface area contributed by atoms with Crippen LogP contribution >= 0.6 is 0 Å². The lowest BCUT2D eigenvalue weighted by Gasteiger charge is -2.30. The maximum Gasteiger partial charge on any atom is 0.306 e. The van der Waals surface area contributed by atoms with Crippen LogP contribution in [0.5, 0.6) is 0 Å². The number of nitrogens with one attached hydrogen (secondary N) is 1. The molecule has 1 fully saturated rings. The van der Waals surface area contributed by atoms with Crippen molar-refractivity contribution in [3.63, 3.8) is 0 Å². The zero-order chi connectivity index (χ0) is 18.5. The Morgan fingerprint density at radius 2 is 2.00 bits per heavy atom. The first-order valence-corrected chi connectivity index (χ1v) is 8.94. The summed E-state index contributed by atoms with van der Waals surface area (Å²) in [6.45, 7) is 3.39. The van der Waals surface area contributed by atoms with Gasteiger partial charge < -0.3 is 14.6 Å². The molecule has 138 valence electrons. The van der Waals surface area contributed by atoms with Gasteiger partial charge in [0.15, 0.2) is 6.61 Å². The predicted octanol–water partition coefficient (Wildman–Crippen LogP) is 1.66. The Hall–Kier alpha value is -2.70. The fraction of sp³-hybridized carbons (Fsp3) is 0.474. The summed E-state index contributed by atoms with van der Waals surface area (Å²) in [4.78, 5) is 44.7. The molecule has 0 bridgehead atoms. The van der Waals surface area contributed by atoms with Crippen LogP contribution in [-0.4, -0.2) is 46.4 Å². The molecule has 2 heterocycles. The van der Waals surface area contributed by atoms with E-state index in [0.29, 0.717) is 22.6 Å². The van der Waals surface area contributed by atoms with Gasteiger partial charge in [-0.15, -0.1) is 0 Å². The first kappa shape index (κ1) is 18.1. The highest BCUT2D eigenvalue weighted by Crippen LogP contribution is 2.16. The van der Waals surface area contributed by atoms with Crippen LogP contribution in [0.2, 0.25) is 0 Å². The molecule has 1 N–H and O–H groups in total. The van der Waals surface area contributed by atoms with Gasteiger partial charge in [0.2, 0.25) is 0 Å². The number of hydrogen-bond donors (Lipinski definition) is 1. The number of aryl methyl sites for hydroxylation is 1. The zero-order valence-corrected chi connectivity index (χ0v) is 14.9. The Balaban J connectivity index is 1.48. The summed E-state index contributed by atoms with van der Waals surface area (Å²) in [5, 5.41) is 0.514. The van der Waals surface area contributed by atoms with Gasteiger partial charge >= 0.3 is 5.97 Å². The van der Waals surface area contributed by atoms with E-state index >= 15 is 0 Å². The minimum Gasteiger partial charge on any atom is -0.456 e. The Bertz CT molecular complexity index is 853. The molecule has 3 rings (SSSR count). The summed E-state index contributed by atoms with van der Waals surface area (Å²) >= 11 is 0. The summed E-state index contributed by atoms with van der Waals surface area (Å²) in [6, 6.07) is 7.03. The van der Waals surface area contributed by atoms with Gasteiger partial charge in [0.05, 0.1) is 17.3 Å². The number of aromatic nitrogens is 2. The van der Waals surface area contributed by atoms with Crippen LogP contribution in [0.1, 0.15) is 32.0 Å². The molecule has 1 aliphatic rings. The lowest BCUT2D eigenvalue weighted by molar-refractivity contribution is -0.152. The predicted molar refractivity (Wildman–Crippen MR) is 96.6 cm³/mol. The highest BCUT2D eigenvalue weighted by atomic mass is 16.5. The van der Waals surface area contributed by atoms with E-state index in [9.17, 15) is 14.4 Å². The van der Waals surface area contributed by atoms with Crippen molar-refractivity contribution in [2.45, 2.75) is 32.6 Å². The smallest absolute Gasteiger partial charge is 0.306 e. The topological polar surface area (TPSA) is 92.4 Å². The zero-order valence-electron chi connectivity index (χ0n) is 14.9. The van der Waals surface area contributed by atoms with Gasteiger partial charge in [0.25, 0.3) is 11.5 Å². The minimum absolute atomic E-state index is 0.0611. The van der Waals surface area contributed by atoms with Gasteiger partial charge in [0, 0.05) is 19.5 Å². The number of piperidine rings is 1. The molecule has 1 aliphatic heterocycles. The first-order valence-electron chi connectivity index (χ1n) is 8.94. The molecule has 1 aromatic heterocycles. The quantitative estimate of drug-likeness (QED) is 0.822. The number of fused-ring (bicyclic) bond motifs is 1. The number of carbonyl (C=O) groups is 2. The van der Waals surface area contributed by atoms with Crippen molar-refractivity contribution in [2.24, 2.45) is 5.92 Å². The monoisotopic (exact) mass is 357 g/mol. The number of hydrogen-bond acceptors (Lipinski definition) is 5. The molecule has 0 spiro atoms. The van der Waals surface area contributed by atoms with E-state index in [2.05, 4.69) is 16.9 Å². The number of likely N-dealkylation sites (tertiary alicyclic amines) is 1. The van der Waals surface area contributed by atoms with Crippen LogP contribution in [0.25, 0.3) is 10.9 Å². The van der Waals surface area contributed by atoms with E-state index < -0.39 is 5.97 Å². The molecule has 0 aliphatic carbocycles. The molecule has 0 radical (unpaired) electrons. The highest BCUT2D eigenvalue weighted by molar-refractivity contribution is 5.81. The summed E-state index contributed by atoms with van der Waals surface area (Å²) in [6.07, 6.45) is 2.29. The van der Waals surface area contributed by atoms with Gasteiger partial charge in [-0.1, -0.05) is 19.1 Å². The second kappa shape index (κ2) is 8.12. The number of esters is 1. The van der Waals surface area contributed by atoms with Gasteiger partial charge in [-0.3, -0.25) is 14.4 Å². The number of H-pyrrole nitrogens is 1. The Morgan fingerprint density at radius 3 is 2.77 bits per heavy atom. The number of ether oxygens (including phenoxy) is 1. The van der Waals surface area contributed by atoms with Crippen LogP contribution in [-0.2, 0) is 20.7 Å². The molecule has 0 saturated carbocycles. The summed E-state index contributed by atoms with van der Waals surface area (Å²) in [5.41, 5.74) is 0.364. The lowest BCUT2D eigenvalue weighted by atomic mass is 9.99. The average molecular weight is 357 g/mol. The average Bonchev–Trinajstić information content (AvgIpc) is 2.65. The van der Waals surface area contributed by atoms with Gasteiger partial charge in [-0.25, -0.2) is 4.98 Å². The molecule has 7 nitrogen and oxygen atoms in total. The van der Waals surface area contributed by atoms with Gasteiger partial charge in [0.1, 0.15) is 5.82 Å². The first-order chi connectivity index (χ1) is 12.5. The number of benzene rings is 1. The fourth-order valence-corrected chi connectivity index (χ4v) is 3.04. The lowest BCUT2D eigenvalue weighted by Crippen LogP contribution is -2.40. The number of amides is 1. The van der Waals surface area contributed by atoms with Crippen molar-refractivity contribution in [1.82, 2.24) is 14.9 Å². The van der Waals surface area contributed by atoms with Crippen molar-refractivity contribution in [2.75, 3.05) is 19.7 Å². The van der Waals surface area contributed by atoms with Crippen LogP contribution in [0, 0.1) is 5.92 Å². The molecule has 7 heteroatoms. The van der Waals surface area contributed by atoms with Crippen LogP contribution in [0.4, 0.5) is 0 Å². The normalized spacial score (nSPS) is 15.2. The van der Waals surface area contributed by atoms with Crippen molar-refractivity contribution >= 4 is 22.8 Å². The third-order valence-corrected chi connectivity index (χ3v) is 4.72. The number of carbonyl (C=O) groups excluding carboxylic acids is 2. The Labute approximate surface area is 151 Å². The summed E-state index contributed by atoms with van der Waals surface area (Å²) in [7, 11) is 0. The molecular formula is C19H23N3O4. The number of nitrogens with zero attached hydrogens (tertiary/aromatic N) is 2. The molecule has 0 atom stereocenters. The van der Waals surface area contributed by atoms with E-state index in [-0.39, 0.29) is 30.9 Å². The van der Waals surface area contributed by atoms with Crippen LogP contribution in [0.15, 0.2) is 29.1 Å². The van der Waals surface area contributed by atoms with E-state index in [1.165, 1.54) is 0 Å².